The summed E-state index contributed by atoms with van der Waals surface area (Å²) in [4.78, 5) is 12.2. The third-order valence-corrected chi connectivity index (χ3v) is 2.80. The molecule has 2 nitrogen and oxygen atoms in total. The van der Waals surface area contributed by atoms with Crippen molar-refractivity contribution in [1.82, 2.24) is 0 Å². The number of hydrogen-bond acceptors (Lipinski definition) is 2. The van der Waals surface area contributed by atoms with Gasteiger partial charge in [0.15, 0.2) is 5.78 Å². The summed E-state index contributed by atoms with van der Waals surface area (Å²) >= 11 is 5.77. The Kier molecular flexibility index (Phi) is 3.34. The van der Waals surface area contributed by atoms with E-state index in [0.717, 1.165) is 0 Å². The number of ketones is 1. The molecular weight excluding hydrogens is 253 g/mol. The van der Waals surface area contributed by atoms with E-state index >= 15 is 0 Å². The van der Waals surface area contributed by atoms with E-state index in [0.29, 0.717) is 16.1 Å². The van der Waals surface area contributed by atoms with Crippen LogP contribution in [0.4, 0.5) is 10.1 Å². The minimum atomic E-state index is -0.439. The lowest BCUT2D eigenvalue weighted by molar-refractivity contribution is 0.103. The van der Waals surface area contributed by atoms with Crippen LogP contribution in [-0.2, 0) is 0 Å². The summed E-state index contributed by atoms with van der Waals surface area (Å²) in [5, 5.41) is 0.458. The molecule has 2 N–H and O–H groups in total. The molecule has 2 aromatic rings. The number of anilines is 1. The molecule has 0 saturated carbocycles. The molecule has 2 rings (SSSR count). The highest BCUT2D eigenvalue weighted by Crippen LogP contribution is 2.22. The zero-order valence-corrected chi connectivity index (χ0v) is 10.5. The van der Waals surface area contributed by atoms with Crippen molar-refractivity contribution in [3.63, 3.8) is 0 Å². The minimum absolute atomic E-state index is 0.279. The van der Waals surface area contributed by atoms with Gasteiger partial charge in [-0.3, -0.25) is 4.79 Å². The van der Waals surface area contributed by atoms with Crippen LogP contribution in [-0.4, -0.2) is 5.78 Å². The van der Waals surface area contributed by atoms with Gasteiger partial charge in [-0.25, -0.2) is 4.39 Å². The van der Waals surface area contributed by atoms with Gasteiger partial charge in [0.05, 0.1) is 0 Å². The zero-order chi connectivity index (χ0) is 13.3. The monoisotopic (exact) mass is 263 g/mol. The van der Waals surface area contributed by atoms with Crippen LogP contribution in [0.2, 0.25) is 5.02 Å². The Hall–Kier alpha value is -1.87. The van der Waals surface area contributed by atoms with Gasteiger partial charge in [0.2, 0.25) is 0 Å². The number of nitrogens with two attached hydrogens (primary N) is 1. The molecule has 0 amide bonds. The van der Waals surface area contributed by atoms with Crippen molar-refractivity contribution in [3.05, 3.63) is 63.9 Å². The minimum Gasteiger partial charge on any atom is -0.398 e. The number of carbonyl (C=O) groups excluding carboxylic acids is 1. The summed E-state index contributed by atoms with van der Waals surface area (Å²) in [6.07, 6.45) is 0. The first-order valence-electron chi connectivity index (χ1n) is 5.34. The topological polar surface area (TPSA) is 43.1 Å². The Morgan fingerprint density at radius 1 is 1.22 bits per heavy atom. The molecule has 0 unspecified atom stereocenters. The third-order valence-electron chi connectivity index (χ3n) is 2.56. The second-order valence-electron chi connectivity index (χ2n) is 4.08. The molecule has 92 valence electrons. The lowest BCUT2D eigenvalue weighted by Crippen LogP contribution is -2.06. The average Bonchev–Trinajstić information content (AvgIpc) is 2.26. The number of aryl methyl sites for hydroxylation is 1. The van der Waals surface area contributed by atoms with Crippen molar-refractivity contribution < 1.29 is 9.18 Å². The molecule has 0 fully saturated rings. The molecule has 2 aromatic carbocycles. The molecule has 0 aliphatic rings. The first kappa shape index (κ1) is 12.6. The molecular formula is C14H11ClFNO. The van der Waals surface area contributed by atoms with Crippen molar-refractivity contribution in [2.75, 3.05) is 5.73 Å². The van der Waals surface area contributed by atoms with E-state index in [2.05, 4.69) is 0 Å². The number of nitrogen functional groups attached to an aromatic ring is 1. The van der Waals surface area contributed by atoms with Gasteiger partial charge in [0.25, 0.3) is 0 Å². The summed E-state index contributed by atoms with van der Waals surface area (Å²) in [6, 6.07) is 8.81. The van der Waals surface area contributed by atoms with E-state index in [9.17, 15) is 9.18 Å². The number of benzene rings is 2. The van der Waals surface area contributed by atoms with Gasteiger partial charge in [-0.05, 0) is 48.9 Å². The molecule has 0 saturated heterocycles. The fourth-order valence-corrected chi connectivity index (χ4v) is 1.94. The number of carbonyl (C=O) groups is 1. The van der Waals surface area contributed by atoms with Crippen molar-refractivity contribution >= 4 is 23.1 Å². The average molecular weight is 264 g/mol. The second kappa shape index (κ2) is 4.78. The van der Waals surface area contributed by atoms with Gasteiger partial charge in [0.1, 0.15) is 5.82 Å². The summed E-state index contributed by atoms with van der Waals surface area (Å²) in [6.45, 7) is 1.73. The smallest absolute Gasteiger partial charge is 0.195 e. The zero-order valence-electron chi connectivity index (χ0n) is 9.71. The fraction of sp³-hybridized carbons (Fsp3) is 0.0714. The first-order valence-corrected chi connectivity index (χ1v) is 5.72. The summed E-state index contributed by atoms with van der Waals surface area (Å²) < 4.78 is 13.3. The Morgan fingerprint density at radius 3 is 2.56 bits per heavy atom. The highest BCUT2D eigenvalue weighted by molar-refractivity contribution is 6.31. The Balaban J connectivity index is 2.47. The van der Waals surface area contributed by atoms with Gasteiger partial charge in [-0.1, -0.05) is 11.6 Å². The maximum Gasteiger partial charge on any atom is 0.195 e. The summed E-state index contributed by atoms with van der Waals surface area (Å²) in [5.41, 5.74) is 7.31. The number of hydrogen-bond donors (Lipinski definition) is 1. The van der Waals surface area contributed by atoms with Crippen LogP contribution >= 0.6 is 11.6 Å². The van der Waals surface area contributed by atoms with E-state index in [-0.39, 0.29) is 17.0 Å². The number of halogens is 2. The first-order chi connectivity index (χ1) is 8.47. The van der Waals surface area contributed by atoms with Crippen LogP contribution in [0.15, 0.2) is 36.4 Å². The van der Waals surface area contributed by atoms with Crippen LogP contribution < -0.4 is 5.73 Å². The van der Waals surface area contributed by atoms with Crippen LogP contribution in [0, 0.1) is 12.7 Å². The van der Waals surface area contributed by atoms with Crippen molar-refractivity contribution in [2.45, 2.75) is 6.92 Å². The van der Waals surface area contributed by atoms with Crippen LogP contribution in [0.5, 0.6) is 0 Å². The second-order valence-corrected chi connectivity index (χ2v) is 4.51. The predicted octanol–water partition coefficient (Wildman–Crippen LogP) is 3.60. The van der Waals surface area contributed by atoms with Crippen LogP contribution in [0.25, 0.3) is 0 Å². The van der Waals surface area contributed by atoms with Crippen molar-refractivity contribution in [3.8, 4) is 0 Å². The molecule has 0 heterocycles. The Morgan fingerprint density at radius 2 is 1.94 bits per heavy atom. The van der Waals surface area contributed by atoms with Gasteiger partial charge in [-0.15, -0.1) is 0 Å². The molecule has 4 heteroatoms. The van der Waals surface area contributed by atoms with Crippen molar-refractivity contribution in [2.24, 2.45) is 0 Å². The SMILES string of the molecule is Cc1cc(F)cc(C(=O)c2ccc(Cl)cc2N)c1. The van der Waals surface area contributed by atoms with E-state index in [1.165, 1.54) is 18.2 Å². The molecule has 0 atom stereocenters. The van der Waals surface area contributed by atoms with E-state index in [1.54, 1.807) is 25.1 Å². The lowest BCUT2D eigenvalue weighted by Gasteiger charge is -2.06. The van der Waals surface area contributed by atoms with Crippen LogP contribution in [0.3, 0.4) is 0 Å². The molecule has 0 spiro atoms. The van der Waals surface area contributed by atoms with Gasteiger partial charge >= 0.3 is 0 Å². The van der Waals surface area contributed by atoms with E-state index < -0.39 is 5.82 Å². The molecule has 0 aromatic heterocycles. The third kappa shape index (κ3) is 2.51. The lowest BCUT2D eigenvalue weighted by atomic mass is 10.0. The maximum absolute atomic E-state index is 13.3. The summed E-state index contributed by atoms with van der Waals surface area (Å²) in [7, 11) is 0. The highest BCUT2D eigenvalue weighted by Gasteiger charge is 2.13. The van der Waals surface area contributed by atoms with Crippen molar-refractivity contribution in [1.29, 1.82) is 0 Å². The molecule has 0 bridgehead atoms. The standard InChI is InChI=1S/C14H11ClFNO/c1-8-4-9(6-11(16)5-8)14(18)12-3-2-10(15)7-13(12)17/h2-7H,17H2,1H3. The molecule has 18 heavy (non-hydrogen) atoms. The highest BCUT2D eigenvalue weighted by atomic mass is 35.5. The Bertz CT molecular complexity index is 605. The fourth-order valence-electron chi connectivity index (χ4n) is 1.76. The summed E-state index contributed by atoms with van der Waals surface area (Å²) in [5.74, 6) is -0.752. The predicted molar refractivity (Wildman–Crippen MR) is 70.4 cm³/mol. The Labute approximate surface area is 109 Å². The quantitative estimate of drug-likeness (QED) is 0.664. The molecule has 0 aliphatic carbocycles. The molecule has 0 aliphatic heterocycles. The largest absolute Gasteiger partial charge is 0.398 e. The van der Waals surface area contributed by atoms with Gasteiger partial charge in [0, 0.05) is 21.8 Å². The van der Waals surface area contributed by atoms with Crippen LogP contribution in [0.1, 0.15) is 21.5 Å². The van der Waals surface area contributed by atoms with Gasteiger partial charge in [-0.2, -0.15) is 0 Å². The number of rotatable bonds is 2. The van der Waals surface area contributed by atoms with Gasteiger partial charge < -0.3 is 5.73 Å². The van der Waals surface area contributed by atoms with E-state index in [1.807, 2.05) is 0 Å². The maximum atomic E-state index is 13.3. The normalized spacial score (nSPS) is 10.4. The van der Waals surface area contributed by atoms with E-state index in [4.69, 9.17) is 17.3 Å². The molecule has 0 radical (unpaired) electrons.